The van der Waals surface area contributed by atoms with Crippen molar-refractivity contribution in [3.05, 3.63) is 0 Å². The normalized spacial score (nSPS) is 13.5. The zero-order chi connectivity index (χ0) is 14.7. The first kappa shape index (κ1) is 18.4. The molecule has 0 fully saturated rings. The first-order valence-corrected chi connectivity index (χ1v) is 7.44. The summed E-state index contributed by atoms with van der Waals surface area (Å²) in [6, 6.07) is 0. The van der Waals surface area contributed by atoms with Crippen molar-refractivity contribution in [3.63, 3.8) is 0 Å². The minimum absolute atomic E-state index is 0.235. The van der Waals surface area contributed by atoms with Crippen LogP contribution in [0.15, 0.2) is 0 Å². The summed E-state index contributed by atoms with van der Waals surface area (Å²) in [6.07, 6.45) is 9.19. The zero-order valence-electron chi connectivity index (χ0n) is 12.9. The van der Waals surface area contributed by atoms with E-state index in [0.717, 1.165) is 25.7 Å². The summed E-state index contributed by atoms with van der Waals surface area (Å²) in [5.74, 6) is 2.50. The van der Waals surface area contributed by atoms with Crippen molar-refractivity contribution in [3.8, 4) is 12.3 Å². The Bertz CT molecular complexity index is 249. The van der Waals surface area contributed by atoms with Crippen LogP contribution in [-0.4, -0.2) is 36.1 Å². The summed E-state index contributed by atoms with van der Waals surface area (Å²) >= 11 is 0. The second kappa shape index (κ2) is 10.3. The Kier molecular flexibility index (Phi) is 9.95. The zero-order valence-corrected chi connectivity index (χ0v) is 12.9. The molecule has 0 aromatic carbocycles. The van der Waals surface area contributed by atoms with E-state index in [4.69, 9.17) is 15.9 Å². The molecule has 0 aliphatic carbocycles. The van der Waals surface area contributed by atoms with Gasteiger partial charge < -0.3 is 14.6 Å². The van der Waals surface area contributed by atoms with Crippen LogP contribution < -0.4 is 0 Å². The molecule has 0 aliphatic heterocycles. The van der Waals surface area contributed by atoms with Gasteiger partial charge in [-0.15, -0.1) is 6.42 Å². The molecule has 0 aromatic heterocycles. The van der Waals surface area contributed by atoms with Gasteiger partial charge in [0.2, 0.25) is 0 Å². The minimum atomic E-state index is -0.502. The summed E-state index contributed by atoms with van der Waals surface area (Å²) in [7, 11) is 0. The van der Waals surface area contributed by atoms with E-state index in [2.05, 4.69) is 33.6 Å². The van der Waals surface area contributed by atoms with Gasteiger partial charge in [-0.1, -0.05) is 33.6 Å². The Labute approximate surface area is 118 Å². The first-order chi connectivity index (χ1) is 9.07. The molecular formula is C16H30O3. The molecule has 0 aliphatic rings. The van der Waals surface area contributed by atoms with Gasteiger partial charge in [0.1, 0.15) is 6.61 Å². The molecule has 0 rings (SSSR count). The van der Waals surface area contributed by atoms with Crippen molar-refractivity contribution >= 4 is 0 Å². The summed E-state index contributed by atoms with van der Waals surface area (Å²) in [5.41, 5.74) is -0.330. The second-order valence-corrected chi connectivity index (χ2v) is 5.01. The van der Waals surface area contributed by atoms with E-state index in [1.54, 1.807) is 0 Å². The molecule has 0 aromatic rings. The maximum atomic E-state index is 10.1. The second-order valence-electron chi connectivity index (χ2n) is 5.01. The maximum absolute atomic E-state index is 10.1. The van der Waals surface area contributed by atoms with E-state index in [0.29, 0.717) is 19.6 Å². The first-order valence-electron chi connectivity index (χ1n) is 7.44. The van der Waals surface area contributed by atoms with Crippen LogP contribution in [-0.2, 0) is 9.47 Å². The average Bonchev–Trinajstić information content (AvgIpc) is 2.44. The lowest BCUT2D eigenvalue weighted by molar-refractivity contribution is -0.0882. The van der Waals surface area contributed by atoms with Crippen molar-refractivity contribution in [2.75, 3.05) is 13.2 Å². The highest BCUT2D eigenvalue weighted by atomic mass is 16.5. The molecule has 19 heavy (non-hydrogen) atoms. The maximum Gasteiger partial charge on any atom is 0.108 e. The molecule has 0 saturated heterocycles. The molecule has 0 saturated carbocycles. The highest BCUT2D eigenvalue weighted by Gasteiger charge is 2.30. The minimum Gasteiger partial charge on any atom is -0.391 e. The molecule has 0 bridgehead atoms. The van der Waals surface area contributed by atoms with Gasteiger partial charge in [-0.2, -0.15) is 0 Å². The molecule has 0 heterocycles. The van der Waals surface area contributed by atoms with Gasteiger partial charge >= 0.3 is 0 Å². The van der Waals surface area contributed by atoms with E-state index in [1.165, 1.54) is 0 Å². The van der Waals surface area contributed by atoms with Gasteiger partial charge in [0.05, 0.1) is 24.4 Å². The fraction of sp³-hybridized carbons (Fsp3) is 0.875. The smallest absolute Gasteiger partial charge is 0.108 e. The number of terminal acetylenes is 1. The third kappa shape index (κ3) is 6.96. The number of aliphatic hydroxyl groups is 1. The monoisotopic (exact) mass is 270 g/mol. The predicted octanol–water partition coefficient (Wildman–Crippen LogP) is 3.15. The molecule has 1 N–H and O–H groups in total. The van der Waals surface area contributed by atoms with Crippen molar-refractivity contribution in [2.24, 2.45) is 0 Å². The molecular weight excluding hydrogens is 240 g/mol. The molecule has 0 radical (unpaired) electrons. The van der Waals surface area contributed by atoms with Crippen LogP contribution in [0, 0.1) is 12.3 Å². The van der Waals surface area contributed by atoms with Crippen molar-refractivity contribution in [1.82, 2.24) is 0 Å². The third-order valence-corrected chi connectivity index (χ3v) is 3.79. The number of hydrogen-bond acceptors (Lipinski definition) is 3. The third-order valence-electron chi connectivity index (χ3n) is 3.79. The largest absolute Gasteiger partial charge is 0.391 e. The van der Waals surface area contributed by atoms with E-state index in [9.17, 15) is 5.11 Å². The Morgan fingerprint density at radius 2 is 1.74 bits per heavy atom. The summed E-state index contributed by atoms with van der Waals surface area (Å²) in [5, 5.41) is 10.1. The van der Waals surface area contributed by atoms with Crippen molar-refractivity contribution in [1.29, 1.82) is 0 Å². The Morgan fingerprint density at radius 3 is 2.16 bits per heavy atom. The quantitative estimate of drug-likeness (QED) is 0.586. The molecule has 3 heteroatoms. The summed E-state index contributed by atoms with van der Waals surface area (Å²) in [4.78, 5) is 0. The molecule has 112 valence electrons. The highest BCUT2D eigenvalue weighted by Crippen LogP contribution is 2.26. The van der Waals surface area contributed by atoms with Gasteiger partial charge in [0.15, 0.2) is 0 Å². The lowest BCUT2D eigenvalue weighted by Crippen LogP contribution is -2.37. The highest BCUT2D eigenvalue weighted by molar-refractivity contribution is 4.88. The van der Waals surface area contributed by atoms with Gasteiger partial charge in [-0.25, -0.2) is 0 Å². The number of ether oxygens (including phenoxy) is 2. The van der Waals surface area contributed by atoms with Crippen LogP contribution >= 0.6 is 0 Å². The lowest BCUT2D eigenvalue weighted by atomic mass is 9.90. The van der Waals surface area contributed by atoms with E-state index < -0.39 is 6.10 Å². The lowest BCUT2D eigenvalue weighted by Gasteiger charge is -2.33. The van der Waals surface area contributed by atoms with Crippen LogP contribution in [0.3, 0.4) is 0 Å². The van der Waals surface area contributed by atoms with Crippen molar-refractivity contribution in [2.45, 2.75) is 77.6 Å². The fourth-order valence-corrected chi connectivity index (χ4v) is 2.26. The van der Waals surface area contributed by atoms with Gasteiger partial charge in [0, 0.05) is 6.42 Å². The van der Waals surface area contributed by atoms with E-state index in [1.807, 2.05) is 0 Å². The molecule has 1 unspecified atom stereocenters. The van der Waals surface area contributed by atoms with Gasteiger partial charge in [0.25, 0.3) is 0 Å². The number of aliphatic hydroxyl groups excluding tert-OH is 1. The SMILES string of the molecule is C#CCOC(CC)(CC)CC(O)COC(CC)CC. The topological polar surface area (TPSA) is 38.7 Å². The van der Waals surface area contributed by atoms with Crippen LogP contribution in [0.4, 0.5) is 0 Å². The summed E-state index contributed by atoms with van der Waals surface area (Å²) in [6.45, 7) is 8.98. The Hall–Kier alpha value is -0.560. The predicted molar refractivity (Wildman–Crippen MR) is 79.0 cm³/mol. The van der Waals surface area contributed by atoms with E-state index >= 15 is 0 Å². The van der Waals surface area contributed by atoms with E-state index in [-0.39, 0.29) is 11.7 Å². The molecule has 0 spiro atoms. The fourth-order valence-electron chi connectivity index (χ4n) is 2.26. The van der Waals surface area contributed by atoms with Gasteiger partial charge in [-0.05, 0) is 25.7 Å². The van der Waals surface area contributed by atoms with Crippen LogP contribution in [0.2, 0.25) is 0 Å². The molecule has 1 atom stereocenters. The van der Waals surface area contributed by atoms with Crippen LogP contribution in [0.1, 0.15) is 59.8 Å². The molecule has 0 amide bonds. The van der Waals surface area contributed by atoms with Crippen molar-refractivity contribution < 1.29 is 14.6 Å². The van der Waals surface area contributed by atoms with Crippen LogP contribution in [0.5, 0.6) is 0 Å². The Morgan fingerprint density at radius 1 is 1.16 bits per heavy atom. The van der Waals surface area contributed by atoms with Crippen LogP contribution in [0.25, 0.3) is 0 Å². The summed E-state index contributed by atoms with van der Waals surface area (Å²) < 4.78 is 11.5. The number of hydrogen-bond donors (Lipinski definition) is 1. The average molecular weight is 270 g/mol. The number of rotatable bonds is 11. The Balaban J connectivity index is 4.30. The molecule has 3 nitrogen and oxygen atoms in total. The van der Waals surface area contributed by atoms with Gasteiger partial charge in [-0.3, -0.25) is 0 Å². The standard InChI is InChI=1S/C16H30O3/c1-6-11-19-16(9-4,10-5)12-14(17)13-18-15(7-2)8-3/h1,14-15,17H,7-13H2,2-5H3.